The van der Waals surface area contributed by atoms with Gasteiger partial charge in [-0.2, -0.15) is 0 Å². The maximum atomic E-state index is 9.14. The second-order valence-electron chi connectivity index (χ2n) is 2.11. The number of piperidine rings is 1. The highest BCUT2D eigenvalue weighted by Crippen LogP contribution is 1.96. The topological polar surface area (TPSA) is 55.1 Å². The van der Waals surface area contributed by atoms with E-state index in [0.717, 1.165) is 0 Å². The van der Waals surface area contributed by atoms with Crippen LogP contribution < -0.4 is 11.1 Å². The van der Waals surface area contributed by atoms with Crippen LogP contribution >= 0.6 is 15.9 Å². The lowest BCUT2D eigenvalue weighted by Crippen LogP contribution is -2.21. The molecule has 3 N–H and O–H groups in total. The summed E-state index contributed by atoms with van der Waals surface area (Å²) < 4.78 is 0. The molecule has 1 saturated heterocycles. The normalized spacial score (nSPS) is 16.9. The summed E-state index contributed by atoms with van der Waals surface area (Å²) in [7, 11) is 0. The number of halogens is 1. The summed E-state index contributed by atoms with van der Waals surface area (Å²) in [6.45, 7) is 2.50. The molecule has 1 aliphatic heterocycles. The van der Waals surface area contributed by atoms with Crippen molar-refractivity contribution < 1.29 is 4.79 Å². The van der Waals surface area contributed by atoms with Gasteiger partial charge >= 0.3 is 0 Å². The van der Waals surface area contributed by atoms with Gasteiger partial charge in [0.15, 0.2) is 0 Å². The summed E-state index contributed by atoms with van der Waals surface area (Å²) in [5, 5.41) is 3.28. The number of hydrogen-bond acceptors (Lipinski definition) is 2. The van der Waals surface area contributed by atoms with Gasteiger partial charge in [0.2, 0.25) is 0 Å². The Morgan fingerprint density at radius 3 is 1.80 bits per heavy atom. The Hall–Kier alpha value is -0.0900. The third-order valence-electron chi connectivity index (χ3n) is 1.21. The Morgan fingerprint density at radius 1 is 1.30 bits per heavy atom. The van der Waals surface area contributed by atoms with Gasteiger partial charge < -0.3 is 11.1 Å². The van der Waals surface area contributed by atoms with Crippen molar-refractivity contribution in [3.05, 3.63) is 0 Å². The maximum absolute atomic E-state index is 9.14. The SMILES string of the molecule is C1CCNCC1.NC(=O)Br. The number of carbonyl (C=O) groups is 1. The summed E-state index contributed by atoms with van der Waals surface area (Å²) in [6, 6.07) is 0. The zero-order valence-corrected chi connectivity index (χ0v) is 7.49. The molecule has 1 amide bonds. The largest absolute Gasteiger partial charge is 0.360 e. The molecular formula is C6H13BrN2O. The number of rotatable bonds is 0. The Kier molecular flexibility index (Phi) is 6.96. The Labute approximate surface area is 69.5 Å². The van der Waals surface area contributed by atoms with Crippen molar-refractivity contribution in [2.45, 2.75) is 19.3 Å². The zero-order valence-electron chi connectivity index (χ0n) is 5.90. The van der Waals surface area contributed by atoms with Crippen LogP contribution in [0.5, 0.6) is 0 Å². The molecule has 0 atom stereocenters. The molecule has 4 heteroatoms. The van der Waals surface area contributed by atoms with Gasteiger partial charge in [-0.1, -0.05) is 6.42 Å². The average Bonchev–Trinajstić information content (AvgIpc) is 1.90. The van der Waals surface area contributed by atoms with E-state index in [0.29, 0.717) is 0 Å². The third-order valence-corrected chi connectivity index (χ3v) is 1.21. The van der Waals surface area contributed by atoms with Crippen LogP contribution in [0.15, 0.2) is 0 Å². The molecule has 0 saturated carbocycles. The molecule has 0 aromatic carbocycles. The van der Waals surface area contributed by atoms with E-state index in [2.05, 4.69) is 27.0 Å². The van der Waals surface area contributed by atoms with Crippen LogP contribution in [0.3, 0.4) is 0 Å². The fraction of sp³-hybridized carbons (Fsp3) is 0.833. The number of nitrogens with two attached hydrogens (primary N) is 1. The molecule has 0 aromatic rings. The van der Waals surface area contributed by atoms with E-state index in [1.807, 2.05) is 0 Å². The summed E-state index contributed by atoms with van der Waals surface area (Å²) in [5.74, 6) is 0. The maximum Gasteiger partial charge on any atom is 0.284 e. The summed E-state index contributed by atoms with van der Waals surface area (Å²) >= 11 is 2.41. The van der Waals surface area contributed by atoms with Gasteiger partial charge in [-0.05, 0) is 25.9 Å². The monoisotopic (exact) mass is 208 g/mol. The van der Waals surface area contributed by atoms with Crippen molar-refractivity contribution >= 4 is 20.7 Å². The van der Waals surface area contributed by atoms with Crippen LogP contribution in [-0.2, 0) is 0 Å². The van der Waals surface area contributed by atoms with Crippen LogP contribution in [0.2, 0.25) is 0 Å². The predicted molar refractivity (Wildman–Crippen MR) is 45.2 cm³/mol. The Morgan fingerprint density at radius 2 is 1.70 bits per heavy atom. The standard InChI is InChI=1S/C5H11N.CH2BrNO/c1-2-4-6-5-3-1;2-1(3)4/h6H,1-5H2;(H2,3,4). The number of nitrogens with one attached hydrogen (secondary N) is 1. The smallest absolute Gasteiger partial charge is 0.284 e. The molecule has 60 valence electrons. The first-order valence-corrected chi connectivity index (χ1v) is 4.18. The van der Waals surface area contributed by atoms with Gasteiger partial charge in [-0.3, -0.25) is 4.79 Å². The van der Waals surface area contributed by atoms with E-state index in [9.17, 15) is 0 Å². The van der Waals surface area contributed by atoms with Crippen molar-refractivity contribution in [1.29, 1.82) is 0 Å². The first-order valence-electron chi connectivity index (χ1n) is 3.39. The van der Waals surface area contributed by atoms with Gasteiger partial charge in [-0.15, -0.1) is 0 Å². The fourth-order valence-corrected chi connectivity index (χ4v) is 0.802. The molecule has 1 heterocycles. The minimum absolute atomic E-state index is 0.521. The van der Waals surface area contributed by atoms with E-state index in [-0.39, 0.29) is 0 Å². The van der Waals surface area contributed by atoms with Gasteiger partial charge in [0.05, 0.1) is 0 Å². The second-order valence-corrected chi connectivity index (χ2v) is 2.90. The molecule has 0 spiro atoms. The van der Waals surface area contributed by atoms with Crippen molar-refractivity contribution in [3.63, 3.8) is 0 Å². The molecule has 0 unspecified atom stereocenters. The molecule has 3 nitrogen and oxygen atoms in total. The molecule has 10 heavy (non-hydrogen) atoms. The first kappa shape index (κ1) is 9.91. The van der Waals surface area contributed by atoms with Crippen molar-refractivity contribution in [2.24, 2.45) is 5.73 Å². The molecule has 0 bridgehead atoms. The number of hydrogen-bond donors (Lipinski definition) is 2. The number of amides is 1. The highest BCUT2D eigenvalue weighted by molar-refractivity contribution is 9.18. The van der Waals surface area contributed by atoms with Crippen LogP contribution in [0.4, 0.5) is 4.79 Å². The van der Waals surface area contributed by atoms with E-state index >= 15 is 0 Å². The van der Waals surface area contributed by atoms with E-state index in [1.165, 1.54) is 32.4 Å². The predicted octanol–water partition coefficient (Wildman–Crippen LogP) is 1.22. The van der Waals surface area contributed by atoms with Crippen molar-refractivity contribution in [2.75, 3.05) is 13.1 Å². The van der Waals surface area contributed by atoms with E-state index in [4.69, 9.17) is 4.79 Å². The summed E-state index contributed by atoms with van der Waals surface area (Å²) in [6.07, 6.45) is 4.22. The van der Waals surface area contributed by atoms with Gasteiger partial charge in [0.1, 0.15) is 0 Å². The van der Waals surface area contributed by atoms with Crippen LogP contribution in [0, 0.1) is 0 Å². The van der Waals surface area contributed by atoms with Crippen LogP contribution in [0.1, 0.15) is 19.3 Å². The average molecular weight is 209 g/mol. The highest BCUT2D eigenvalue weighted by atomic mass is 79.9. The first-order chi connectivity index (χ1) is 4.73. The number of primary amides is 1. The lowest BCUT2D eigenvalue weighted by atomic mass is 10.2. The quantitative estimate of drug-likeness (QED) is 0.465. The minimum atomic E-state index is -0.521. The molecule has 1 fully saturated rings. The minimum Gasteiger partial charge on any atom is -0.360 e. The third kappa shape index (κ3) is 10.8. The highest BCUT2D eigenvalue weighted by Gasteiger charge is 1.93. The lowest BCUT2D eigenvalue weighted by Gasteiger charge is -2.08. The van der Waals surface area contributed by atoms with E-state index in [1.54, 1.807) is 0 Å². The lowest BCUT2D eigenvalue weighted by molar-refractivity contribution is 0.268. The Balaban J connectivity index is 0.000000180. The van der Waals surface area contributed by atoms with E-state index < -0.39 is 4.82 Å². The summed E-state index contributed by atoms with van der Waals surface area (Å²) in [4.78, 5) is 8.62. The summed E-state index contributed by atoms with van der Waals surface area (Å²) in [5.41, 5.74) is 4.39. The van der Waals surface area contributed by atoms with Gasteiger partial charge in [-0.25, -0.2) is 0 Å². The van der Waals surface area contributed by atoms with Crippen molar-refractivity contribution in [1.82, 2.24) is 5.32 Å². The molecular weight excluding hydrogens is 196 g/mol. The van der Waals surface area contributed by atoms with Crippen LogP contribution in [0.25, 0.3) is 0 Å². The molecule has 1 rings (SSSR count). The molecule has 0 aliphatic carbocycles. The number of carbonyl (C=O) groups excluding carboxylic acids is 1. The molecule has 0 aromatic heterocycles. The zero-order chi connectivity index (χ0) is 7.82. The molecule has 1 aliphatic rings. The Bertz CT molecular complexity index is 78.2. The molecule has 0 radical (unpaired) electrons. The van der Waals surface area contributed by atoms with Gasteiger partial charge in [0, 0.05) is 15.9 Å². The van der Waals surface area contributed by atoms with Crippen molar-refractivity contribution in [3.8, 4) is 0 Å². The second kappa shape index (κ2) is 7.02. The van der Waals surface area contributed by atoms with Gasteiger partial charge in [0.25, 0.3) is 4.82 Å². The van der Waals surface area contributed by atoms with Crippen LogP contribution in [-0.4, -0.2) is 17.9 Å². The fourth-order valence-electron chi connectivity index (χ4n) is 0.802.